The van der Waals surface area contributed by atoms with Gasteiger partial charge < -0.3 is 9.47 Å². The fourth-order valence-corrected chi connectivity index (χ4v) is 5.39. The molecule has 4 aromatic heterocycles. The summed E-state index contributed by atoms with van der Waals surface area (Å²) in [6.45, 7) is 4.78. The predicted octanol–water partition coefficient (Wildman–Crippen LogP) is 4.88. The van der Waals surface area contributed by atoms with Crippen LogP contribution in [-0.4, -0.2) is 47.6 Å². The van der Waals surface area contributed by atoms with Crippen LogP contribution < -0.4 is 4.90 Å². The summed E-state index contributed by atoms with van der Waals surface area (Å²) in [5.74, 6) is 0.0215. The highest BCUT2D eigenvalue weighted by molar-refractivity contribution is 5.85. The van der Waals surface area contributed by atoms with Crippen LogP contribution >= 0.6 is 0 Å². The summed E-state index contributed by atoms with van der Waals surface area (Å²) >= 11 is 0. The van der Waals surface area contributed by atoms with Crippen molar-refractivity contribution in [3.05, 3.63) is 84.1 Å². The van der Waals surface area contributed by atoms with Gasteiger partial charge in [0.05, 0.1) is 22.5 Å². The van der Waals surface area contributed by atoms with Crippen molar-refractivity contribution in [3.63, 3.8) is 0 Å². The molecule has 0 N–H and O–H groups in total. The quantitative estimate of drug-likeness (QED) is 0.314. The van der Waals surface area contributed by atoms with Gasteiger partial charge in [-0.05, 0) is 43.7 Å². The molecule has 6 rings (SSSR count). The third-order valence-electron chi connectivity index (χ3n) is 7.78. The first kappa shape index (κ1) is 25.6. The highest BCUT2D eigenvalue weighted by atomic mass is 19.1. The van der Waals surface area contributed by atoms with Gasteiger partial charge in [0.1, 0.15) is 18.2 Å². The molecule has 9 nitrogen and oxygen atoms in total. The number of aryl methyl sites for hydroxylation is 1. The Balaban J connectivity index is 1.35. The van der Waals surface area contributed by atoms with E-state index in [1.54, 1.807) is 42.2 Å². The number of halogens is 2. The van der Waals surface area contributed by atoms with Crippen molar-refractivity contribution in [2.45, 2.75) is 37.9 Å². The number of nitrogens with zero attached hydrogens (tertiary/aromatic N) is 9. The third-order valence-corrected chi connectivity index (χ3v) is 7.78. The SMILES string of the molecule is Cn1cnnc1C1(F)CCN(c2c(C#N)ccnc2-c2cnc3nn(C(C)(C)c4ccc(F)cc4)cc3c2)CC1. The van der Waals surface area contributed by atoms with E-state index in [9.17, 15) is 9.65 Å². The van der Waals surface area contributed by atoms with Crippen molar-refractivity contribution in [1.29, 1.82) is 5.26 Å². The first-order valence-electron chi connectivity index (χ1n) is 13.0. The number of hydrogen-bond donors (Lipinski definition) is 0. The smallest absolute Gasteiger partial charge is 0.181 e. The molecule has 0 amide bonds. The van der Waals surface area contributed by atoms with E-state index in [1.807, 2.05) is 35.7 Å². The second kappa shape index (κ2) is 9.48. The first-order valence-corrected chi connectivity index (χ1v) is 13.0. The molecule has 1 aliphatic rings. The Morgan fingerprint density at radius 3 is 2.50 bits per heavy atom. The molecule has 11 heteroatoms. The summed E-state index contributed by atoms with van der Waals surface area (Å²) in [6.07, 6.45) is 7.12. The summed E-state index contributed by atoms with van der Waals surface area (Å²) < 4.78 is 32.8. The highest BCUT2D eigenvalue weighted by Crippen LogP contribution is 2.40. The monoisotopic (exact) mass is 539 g/mol. The molecule has 1 aromatic carbocycles. The minimum absolute atomic E-state index is 0.210. The van der Waals surface area contributed by atoms with Crippen LogP contribution in [0.3, 0.4) is 0 Å². The molecule has 1 fully saturated rings. The number of anilines is 1. The van der Waals surface area contributed by atoms with Gasteiger partial charge in [-0.15, -0.1) is 10.2 Å². The lowest BCUT2D eigenvalue weighted by atomic mass is 9.91. The molecule has 5 heterocycles. The van der Waals surface area contributed by atoms with Crippen LogP contribution in [0.5, 0.6) is 0 Å². The summed E-state index contributed by atoms with van der Waals surface area (Å²) in [7, 11) is 1.74. The topological polar surface area (TPSA) is 101 Å². The standard InChI is InChI=1S/C29H27F2N9/c1-28(2,22-4-6-23(30)7-5-22)40-17-21-14-20(16-34-26(21)37-40)24-25(19(15-32)8-11-33-24)39-12-9-29(31,10-13-39)27-36-35-18-38(27)3/h4-8,11,14,16-18H,9-10,12-13H2,1-3H3. The van der Waals surface area contributed by atoms with E-state index in [0.717, 1.165) is 16.5 Å². The summed E-state index contributed by atoms with van der Waals surface area (Å²) in [5, 5.41) is 23.3. The minimum atomic E-state index is -1.59. The fourth-order valence-electron chi connectivity index (χ4n) is 5.39. The zero-order valence-electron chi connectivity index (χ0n) is 22.4. The van der Waals surface area contributed by atoms with Crippen molar-refractivity contribution < 1.29 is 8.78 Å². The zero-order valence-corrected chi connectivity index (χ0v) is 22.4. The fraction of sp³-hybridized carbons (Fsp3) is 0.310. The van der Waals surface area contributed by atoms with Gasteiger partial charge in [-0.2, -0.15) is 10.4 Å². The molecule has 0 unspecified atom stereocenters. The molecule has 1 aliphatic heterocycles. The second-order valence-corrected chi connectivity index (χ2v) is 10.7. The number of fused-ring (bicyclic) bond motifs is 1. The van der Waals surface area contributed by atoms with E-state index in [2.05, 4.69) is 31.3 Å². The van der Waals surface area contributed by atoms with E-state index in [-0.39, 0.29) is 18.7 Å². The van der Waals surface area contributed by atoms with Crippen molar-refractivity contribution in [1.82, 2.24) is 34.5 Å². The summed E-state index contributed by atoms with van der Waals surface area (Å²) in [6, 6.07) is 12.3. The lowest BCUT2D eigenvalue weighted by Gasteiger charge is -2.37. The number of aromatic nitrogens is 7. The van der Waals surface area contributed by atoms with Crippen LogP contribution in [0.15, 0.2) is 61.3 Å². The Kier molecular flexibility index (Phi) is 6.06. The van der Waals surface area contributed by atoms with Gasteiger partial charge in [-0.3, -0.25) is 9.67 Å². The molecule has 40 heavy (non-hydrogen) atoms. The first-order chi connectivity index (χ1) is 19.2. The summed E-state index contributed by atoms with van der Waals surface area (Å²) in [4.78, 5) is 11.2. The van der Waals surface area contributed by atoms with E-state index in [1.165, 1.54) is 18.5 Å². The molecular formula is C29H27F2N9. The van der Waals surface area contributed by atoms with Gasteiger partial charge in [-0.1, -0.05) is 12.1 Å². The van der Waals surface area contributed by atoms with Crippen molar-refractivity contribution in [2.75, 3.05) is 18.0 Å². The molecule has 0 radical (unpaired) electrons. The molecule has 0 spiro atoms. The lowest BCUT2D eigenvalue weighted by molar-refractivity contribution is 0.109. The largest absolute Gasteiger partial charge is 0.368 e. The van der Waals surface area contributed by atoms with Crippen LogP contribution in [0.4, 0.5) is 14.5 Å². The highest BCUT2D eigenvalue weighted by Gasteiger charge is 2.41. The van der Waals surface area contributed by atoms with Gasteiger partial charge in [0.15, 0.2) is 17.1 Å². The average molecular weight is 540 g/mol. The molecular weight excluding hydrogens is 512 g/mol. The Morgan fingerprint density at radius 1 is 1.07 bits per heavy atom. The van der Waals surface area contributed by atoms with Gasteiger partial charge in [0, 0.05) is 62.5 Å². The van der Waals surface area contributed by atoms with Crippen LogP contribution in [-0.2, 0) is 18.3 Å². The van der Waals surface area contributed by atoms with Crippen molar-refractivity contribution in [3.8, 4) is 17.3 Å². The summed E-state index contributed by atoms with van der Waals surface area (Å²) in [5.41, 5.74) is 1.77. The van der Waals surface area contributed by atoms with Crippen LogP contribution in [0.25, 0.3) is 22.3 Å². The molecule has 0 bridgehead atoms. The second-order valence-electron chi connectivity index (χ2n) is 10.7. The number of nitriles is 1. The van der Waals surface area contributed by atoms with Crippen LogP contribution in [0.1, 0.15) is 43.6 Å². The van der Waals surface area contributed by atoms with Crippen LogP contribution in [0, 0.1) is 17.1 Å². The van der Waals surface area contributed by atoms with Gasteiger partial charge in [0.25, 0.3) is 0 Å². The maximum Gasteiger partial charge on any atom is 0.181 e. The molecule has 1 saturated heterocycles. The van der Waals surface area contributed by atoms with E-state index in [0.29, 0.717) is 41.5 Å². The predicted molar refractivity (Wildman–Crippen MR) is 146 cm³/mol. The number of hydrogen-bond acceptors (Lipinski definition) is 7. The van der Waals surface area contributed by atoms with Crippen molar-refractivity contribution >= 4 is 16.7 Å². The Morgan fingerprint density at radius 2 is 1.82 bits per heavy atom. The van der Waals surface area contributed by atoms with Crippen LogP contribution in [0.2, 0.25) is 0 Å². The average Bonchev–Trinajstić information content (AvgIpc) is 3.60. The van der Waals surface area contributed by atoms with E-state index < -0.39 is 11.2 Å². The molecule has 5 aromatic rings. The maximum absolute atomic E-state index is 15.8. The Labute approximate surface area is 229 Å². The number of alkyl halides is 1. The van der Waals surface area contributed by atoms with E-state index >= 15 is 4.39 Å². The van der Waals surface area contributed by atoms with Gasteiger partial charge >= 0.3 is 0 Å². The lowest BCUT2D eigenvalue weighted by Crippen LogP contribution is -2.42. The molecule has 0 atom stereocenters. The number of piperidine rings is 1. The Hall–Kier alpha value is -4.72. The number of pyridine rings is 2. The zero-order chi connectivity index (χ0) is 28.1. The Bertz CT molecular complexity index is 1740. The molecule has 202 valence electrons. The third kappa shape index (κ3) is 4.25. The van der Waals surface area contributed by atoms with Gasteiger partial charge in [-0.25, -0.2) is 13.8 Å². The minimum Gasteiger partial charge on any atom is -0.368 e. The number of benzene rings is 1. The number of rotatable bonds is 5. The molecule has 0 saturated carbocycles. The maximum atomic E-state index is 15.8. The van der Waals surface area contributed by atoms with Crippen molar-refractivity contribution in [2.24, 2.45) is 7.05 Å². The van der Waals surface area contributed by atoms with Gasteiger partial charge in [0.2, 0.25) is 0 Å². The molecule has 0 aliphatic carbocycles. The van der Waals surface area contributed by atoms with E-state index in [4.69, 9.17) is 0 Å². The normalized spacial score (nSPS) is 15.3.